The van der Waals surface area contributed by atoms with Gasteiger partial charge in [0.15, 0.2) is 0 Å². The second-order valence-corrected chi connectivity index (χ2v) is 3.28. The third-order valence-electron chi connectivity index (χ3n) is 2.28. The number of hydrogen-bond acceptors (Lipinski definition) is 2. The van der Waals surface area contributed by atoms with E-state index < -0.39 is 4.92 Å². The van der Waals surface area contributed by atoms with Crippen molar-refractivity contribution in [3.05, 3.63) is 64.1 Å². The van der Waals surface area contributed by atoms with Gasteiger partial charge >= 0.3 is 0 Å². The molecule has 0 N–H and O–H groups in total. The van der Waals surface area contributed by atoms with Crippen LogP contribution in [0.15, 0.2) is 42.6 Å². The van der Waals surface area contributed by atoms with Gasteiger partial charge in [-0.1, -0.05) is 30.3 Å². The molecular formula is C12H8FNO2. The molecule has 0 spiro atoms. The molecule has 0 saturated heterocycles. The van der Waals surface area contributed by atoms with Crippen molar-refractivity contribution in [2.24, 2.45) is 0 Å². The monoisotopic (exact) mass is 217 g/mol. The first-order valence-electron chi connectivity index (χ1n) is 4.67. The first kappa shape index (κ1) is 10.3. The highest BCUT2D eigenvalue weighted by atomic mass is 19.1. The lowest BCUT2D eigenvalue weighted by Gasteiger charge is -2.02. The molecule has 0 radical (unpaired) electrons. The Morgan fingerprint density at radius 2 is 1.81 bits per heavy atom. The first-order valence-corrected chi connectivity index (χ1v) is 4.67. The Morgan fingerprint density at radius 1 is 1.12 bits per heavy atom. The van der Waals surface area contributed by atoms with Crippen molar-refractivity contribution >= 4 is 16.8 Å². The van der Waals surface area contributed by atoms with E-state index in [1.54, 1.807) is 24.3 Å². The molecule has 0 aliphatic heterocycles. The average molecular weight is 217 g/mol. The van der Waals surface area contributed by atoms with Crippen molar-refractivity contribution in [1.29, 1.82) is 0 Å². The minimum Gasteiger partial charge on any atom is -0.259 e. The summed E-state index contributed by atoms with van der Waals surface area (Å²) in [7, 11) is 0. The summed E-state index contributed by atoms with van der Waals surface area (Å²) in [5.74, 6) is -0.325. The lowest BCUT2D eigenvalue weighted by molar-refractivity contribution is -0.400. The van der Waals surface area contributed by atoms with E-state index >= 15 is 0 Å². The van der Waals surface area contributed by atoms with Crippen molar-refractivity contribution in [1.82, 2.24) is 0 Å². The Labute approximate surface area is 91.0 Å². The molecule has 3 nitrogen and oxygen atoms in total. The molecule has 0 amide bonds. The maximum absolute atomic E-state index is 13.4. The molecule has 2 rings (SSSR count). The van der Waals surface area contributed by atoms with Crippen molar-refractivity contribution in [2.75, 3.05) is 0 Å². The van der Waals surface area contributed by atoms with E-state index in [0.29, 0.717) is 16.3 Å². The number of benzene rings is 2. The van der Waals surface area contributed by atoms with Crippen LogP contribution in [-0.4, -0.2) is 4.92 Å². The molecule has 0 aromatic heterocycles. The van der Waals surface area contributed by atoms with E-state index in [9.17, 15) is 14.5 Å². The molecule has 0 saturated carbocycles. The molecule has 4 heteroatoms. The minimum absolute atomic E-state index is 0.325. The zero-order chi connectivity index (χ0) is 11.5. The Hall–Kier alpha value is -2.23. The lowest BCUT2D eigenvalue weighted by Crippen LogP contribution is -1.85. The van der Waals surface area contributed by atoms with Gasteiger partial charge in [0.2, 0.25) is 6.20 Å². The van der Waals surface area contributed by atoms with Crippen LogP contribution >= 0.6 is 0 Å². The molecule has 80 valence electrons. The normalized spacial score (nSPS) is 11.1. The molecule has 0 fully saturated rings. The zero-order valence-electron chi connectivity index (χ0n) is 8.26. The van der Waals surface area contributed by atoms with E-state index in [0.717, 1.165) is 6.20 Å². The first-order chi connectivity index (χ1) is 7.68. The van der Waals surface area contributed by atoms with Crippen LogP contribution in [0.5, 0.6) is 0 Å². The van der Waals surface area contributed by atoms with Gasteiger partial charge in [0.1, 0.15) is 5.82 Å². The van der Waals surface area contributed by atoms with Gasteiger partial charge in [-0.2, -0.15) is 0 Å². The fourth-order valence-electron chi connectivity index (χ4n) is 1.57. The maximum Gasteiger partial charge on any atom is 0.235 e. The second kappa shape index (κ2) is 4.10. The SMILES string of the molecule is O=[N+]([O-])C=Cc1ccc(F)c2ccccc12. The summed E-state index contributed by atoms with van der Waals surface area (Å²) in [5, 5.41) is 11.4. The second-order valence-electron chi connectivity index (χ2n) is 3.28. The summed E-state index contributed by atoms with van der Waals surface area (Å²) in [6, 6.07) is 9.71. The van der Waals surface area contributed by atoms with Crippen LogP contribution < -0.4 is 0 Å². The van der Waals surface area contributed by atoms with Gasteiger partial charge in [-0.15, -0.1) is 0 Å². The lowest BCUT2D eigenvalue weighted by atomic mass is 10.0. The topological polar surface area (TPSA) is 43.1 Å². The molecule has 0 aliphatic carbocycles. The number of rotatable bonds is 2. The Balaban J connectivity index is 2.63. The molecule has 0 aliphatic rings. The van der Waals surface area contributed by atoms with Gasteiger partial charge in [0, 0.05) is 11.5 Å². The molecule has 2 aromatic rings. The van der Waals surface area contributed by atoms with Gasteiger partial charge in [-0.25, -0.2) is 4.39 Å². The van der Waals surface area contributed by atoms with Gasteiger partial charge in [-0.3, -0.25) is 10.1 Å². The van der Waals surface area contributed by atoms with Crippen LogP contribution in [0.3, 0.4) is 0 Å². The maximum atomic E-state index is 13.4. The predicted molar refractivity (Wildman–Crippen MR) is 59.9 cm³/mol. The predicted octanol–water partition coefficient (Wildman–Crippen LogP) is 3.23. The molecule has 0 bridgehead atoms. The van der Waals surface area contributed by atoms with E-state index in [-0.39, 0.29) is 5.82 Å². The summed E-state index contributed by atoms with van der Waals surface area (Å²) in [6.45, 7) is 0. The summed E-state index contributed by atoms with van der Waals surface area (Å²) < 4.78 is 13.4. The van der Waals surface area contributed by atoms with E-state index in [2.05, 4.69) is 0 Å². The summed E-state index contributed by atoms with van der Waals surface area (Å²) in [4.78, 5) is 9.68. The van der Waals surface area contributed by atoms with Crippen molar-refractivity contribution in [2.45, 2.75) is 0 Å². The van der Waals surface area contributed by atoms with Crippen molar-refractivity contribution in [3.63, 3.8) is 0 Å². The molecular weight excluding hydrogens is 209 g/mol. The third kappa shape index (κ3) is 1.91. The van der Waals surface area contributed by atoms with Crippen LogP contribution in [0.25, 0.3) is 16.8 Å². The Morgan fingerprint density at radius 3 is 2.50 bits per heavy atom. The highest BCUT2D eigenvalue weighted by Crippen LogP contribution is 2.22. The smallest absolute Gasteiger partial charge is 0.235 e. The number of nitro groups is 1. The largest absolute Gasteiger partial charge is 0.259 e. The van der Waals surface area contributed by atoms with Gasteiger partial charge in [-0.05, 0) is 17.0 Å². The Bertz CT molecular complexity index is 578. The van der Waals surface area contributed by atoms with Gasteiger partial charge in [0.05, 0.1) is 4.92 Å². The zero-order valence-corrected chi connectivity index (χ0v) is 8.26. The average Bonchev–Trinajstić information content (AvgIpc) is 2.28. The summed E-state index contributed by atoms with van der Waals surface area (Å²) in [6.07, 6.45) is 2.21. The van der Waals surface area contributed by atoms with Crippen LogP contribution in [0.1, 0.15) is 5.56 Å². The number of halogens is 1. The highest BCUT2D eigenvalue weighted by Gasteiger charge is 2.03. The standard InChI is InChI=1S/C12H8FNO2/c13-12-6-5-9(7-8-14(15)16)10-3-1-2-4-11(10)12/h1-8H. The molecule has 2 aromatic carbocycles. The van der Waals surface area contributed by atoms with Crippen LogP contribution in [0, 0.1) is 15.9 Å². The Kier molecular flexibility index (Phi) is 2.64. The molecule has 0 unspecified atom stereocenters. The van der Waals surface area contributed by atoms with Gasteiger partial charge in [0.25, 0.3) is 0 Å². The van der Waals surface area contributed by atoms with E-state index in [4.69, 9.17) is 0 Å². The summed E-state index contributed by atoms with van der Waals surface area (Å²) >= 11 is 0. The number of hydrogen-bond donors (Lipinski definition) is 0. The molecule has 0 heterocycles. The number of fused-ring (bicyclic) bond motifs is 1. The minimum atomic E-state index is -0.544. The number of nitrogens with zero attached hydrogens (tertiary/aromatic N) is 1. The van der Waals surface area contributed by atoms with E-state index in [1.807, 2.05) is 0 Å². The quantitative estimate of drug-likeness (QED) is 0.572. The molecule has 0 atom stereocenters. The van der Waals surface area contributed by atoms with E-state index in [1.165, 1.54) is 18.2 Å². The fraction of sp³-hybridized carbons (Fsp3) is 0. The third-order valence-corrected chi connectivity index (χ3v) is 2.28. The van der Waals surface area contributed by atoms with Crippen molar-refractivity contribution in [3.8, 4) is 0 Å². The molecule has 16 heavy (non-hydrogen) atoms. The van der Waals surface area contributed by atoms with Crippen molar-refractivity contribution < 1.29 is 9.31 Å². The highest BCUT2D eigenvalue weighted by molar-refractivity contribution is 5.90. The van der Waals surface area contributed by atoms with Crippen LogP contribution in [-0.2, 0) is 0 Å². The fourth-order valence-corrected chi connectivity index (χ4v) is 1.57. The summed E-state index contributed by atoms with van der Waals surface area (Å²) in [5.41, 5.74) is 0.633. The van der Waals surface area contributed by atoms with Crippen LogP contribution in [0.4, 0.5) is 4.39 Å². The van der Waals surface area contributed by atoms with Gasteiger partial charge < -0.3 is 0 Å². The van der Waals surface area contributed by atoms with Crippen LogP contribution in [0.2, 0.25) is 0 Å².